The van der Waals surface area contributed by atoms with Crippen molar-refractivity contribution in [1.29, 1.82) is 0 Å². The molecule has 1 unspecified atom stereocenters. The number of carbonyl (C=O) groups is 1. The summed E-state index contributed by atoms with van der Waals surface area (Å²) in [5.41, 5.74) is -4.65. The molecule has 28 heavy (non-hydrogen) atoms. The van der Waals surface area contributed by atoms with Gasteiger partial charge in [-0.05, 0) is 13.8 Å². The fourth-order valence-electron chi connectivity index (χ4n) is 2.02. The number of carboxylic acids is 1. The Hall–Kier alpha value is -1.93. The largest absolute Gasteiger partial charge is 0.480 e. The third kappa shape index (κ3) is 6.04. The number of alkyl halides is 1. The van der Waals surface area contributed by atoms with E-state index in [0.29, 0.717) is 4.57 Å². The van der Waals surface area contributed by atoms with E-state index in [0.717, 1.165) is 26.1 Å². The molecule has 160 valence electrons. The summed E-state index contributed by atoms with van der Waals surface area (Å²) in [6.07, 6.45) is -6.37. The highest BCUT2D eigenvalue weighted by molar-refractivity contribution is 7.50. The van der Waals surface area contributed by atoms with Crippen molar-refractivity contribution in [2.75, 3.05) is 6.61 Å². The molecule has 7 N–H and O–H groups in total. The molecule has 0 saturated carbocycles. The van der Waals surface area contributed by atoms with Crippen LogP contribution >= 0.6 is 7.75 Å². The molecule has 1 rings (SSSR count). The third-order valence-electron chi connectivity index (χ3n) is 3.71. The molecule has 0 spiro atoms. The quantitative estimate of drug-likeness (QED) is 0.196. The third-order valence-corrected chi connectivity index (χ3v) is 4.93. The summed E-state index contributed by atoms with van der Waals surface area (Å²) in [6.45, 7) is 0.535. The first-order valence-corrected chi connectivity index (χ1v) is 9.28. The second kappa shape index (κ2) is 9.05. The zero-order valence-corrected chi connectivity index (χ0v) is 15.6. The zero-order chi connectivity index (χ0) is 21.9. The van der Waals surface area contributed by atoms with Crippen molar-refractivity contribution in [1.82, 2.24) is 14.6 Å². The number of hydrogen-bond acceptors (Lipinski definition) is 8. The van der Waals surface area contributed by atoms with Gasteiger partial charge in [0.2, 0.25) is 0 Å². The molecule has 0 saturated heterocycles. The lowest BCUT2D eigenvalue weighted by Gasteiger charge is -2.35. The van der Waals surface area contributed by atoms with Crippen LogP contribution in [0.15, 0.2) is 21.9 Å². The molecular formula is C13H21FN3O10P. The lowest BCUT2D eigenvalue weighted by molar-refractivity contribution is -0.184. The molecule has 0 aliphatic carbocycles. The molecule has 0 aromatic carbocycles. The van der Waals surface area contributed by atoms with Crippen molar-refractivity contribution >= 4 is 13.7 Å². The Kier molecular flexibility index (Phi) is 7.79. The molecule has 6 atom stereocenters. The lowest BCUT2D eigenvalue weighted by Crippen LogP contribution is -2.54. The number of carboxylic acid groups (broad SMARTS) is 1. The smallest absolute Gasteiger partial charge is 0.403 e. The van der Waals surface area contributed by atoms with Gasteiger partial charge in [0.05, 0.1) is 6.61 Å². The predicted octanol–water partition coefficient (Wildman–Crippen LogP) is -2.34. The second-order valence-corrected chi connectivity index (χ2v) is 7.64. The van der Waals surface area contributed by atoms with Crippen LogP contribution in [0.3, 0.4) is 0 Å². The highest BCUT2D eigenvalue weighted by Gasteiger charge is 2.45. The van der Waals surface area contributed by atoms with E-state index in [1.807, 2.05) is 0 Å². The highest BCUT2D eigenvalue weighted by Crippen LogP contribution is 2.38. The van der Waals surface area contributed by atoms with E-state index in [1.165, 1.54) is 0 Å². The first kappa shape index (κ1) is 24.1. The average molecular weight is 429 g/mol. The van der Waals surface area contributed by atoms with Crippen molar-refractivity contribution in [2.45, 2.75) is 44.0 Å². The predicted molar refractivity (Wildman–Crippen MR) is 90.1 cm³/mol. The Morgan fingerprint density at radius 2 is 2.04 bits per heavy atom. The molecule has 0 radical (unpaired) electrons. The molecule has 13 nitrogen and oxygen atoms in total. The Balaban J connectivity index is 2.86. The summed E-state index contributed by atoms with van der Waals surface area (Å²) < 4.78 is 30.6. The number of hydrogen-bond donors (Lipinski definition) is 7. The summed E-state index contributed by atoms with van der Waals surface area (Å²) in [6, 6.07) is -0.670. The number of nitrogens with zero attached hydrogens (tertiary/aromatic N) is 1. The number of aromatic nitrogens is 2. The SMILES string of the molecule is C[C@H](NP(=O)(O)OC[C@H](F)[C@@H](O)[C@@](C)(O)[C@@H](O)n1ccc(=O)[nH]c1=O)C(=O)O. The first-order chi connectivity index (χ1) is 12.7. The molecule has 0 bridgehead atoms. The van der Waals surface area contributed by atoms with Gasteiger partial charge in [-0.2, -0.15) is 0 Å². The Bertz CT molecular complexity index is 855. The number of aliphatic hydroxyl groups excluding tert-OH is 2. The van der Waals surface area contributed by atoms with Crippen LogP contribution in [0.4, 0.5) is 4.39 Å². The van der Waals surface area contributed by atoms with Gasteiger partial charge >= 0.3 is 19.4 Å². The molecule has 0 amide bonds. The van der Waals surface area contributed by atoms with E-state index in [1.54, 1.807) is 10.1 Å². The van der Waals surface area contributed by atoms with E-state index in [-0.39, 0.29) is 0 Å². The fraction of sp³-hybridized carbons (Fsp3) is 0.615. The van der Waals surface area contributed by atoms with E-state index in [4.69, 9.17) is 5.11 Å². The standard InChI is InChI=1S/C13H21FN3O10P/c1-6(10(20)21)16-28(25,26)27-5-7(14)9(19)13(2,24)11(22)17-4-3-8(18)15-12(17)23/h3-4,6-7,9,11,19,22,24H,5H2,1-2H3,(H,20,21)(H,15,18,23)(H2,16,25,26)/t6-,7-,9+,11+,13+/m0/s1. The van der Waals surface area contributed by atoms with Gasteiger partial charge in [-0.1, -0.05) is 0 Å². The Morgan fingerprint density at radius 1 is 1.46 bits per heavy atom. The maximum absolute atomic E-state index is 14.2. The van der Waals surface area contributed by atoms with Crippen LogP contribution in [0, 0.1) is 0 Å². The van der Waals surface area contributed by atoms with Gasteiger partial charge in [-0.25, -0.2) is 18.8 Å². The van der Waals surface area contributed by atoms with E-state index < -0.39 is 61.7 Å². The Morgan fingerprint density at radius 3 is 2.54 bits per heavy atom. The molecule has 1 aromatic rings. The van der Waals surface area contributed by atoms with Crippen molar-refractivity contribution in [2.24, 2.45) is 0 Å². The molecule has 1 aromatic heterocycles. The maximum Gasteiger partial charge on any atom is 0.403 e. The van der Waals surface area contributed by atoms with Crippen LogP contribution < -0.4 is 16.3 Å². The van der Waals surface area contributed by atoms with E-state index in [2.05, 4.69) is 4.52 Å². The topological polar surface area (TPSA) is 211 Å². The molecule has 0 aliphatic heterocycles. The number of nitrogens with one attached hydrogen (secondary N) is 2. The summed E-state index contributed by atoms with van der Waals surface area (Å²) in [7, 11) is -4.76. The summed E-state index contributed by atoms with van der Waals surface area (Å²) >= 11 is 0. The maximum atomic E-state index is 14.2. The van der Waals surface area contributed by atoms with Gasteiger partial charge in [0.25, 0.3) is 5.56 Å². The monoisotopic (exact) mass is 429 g/mol. The number of aromatic amines is 1. The molecule has 0 fully saturated rings. The molecular weight excluding hydrogens is 408 g/mol. The van der Waals surface area contributed by atoms with Crippen LogP contribution in [0.5, 0.6) is 0 Å². The van der Waals surface area contributed by atoms with E-state index >= 15 is 0 Å². The van der Waals surface area contributed by atoms with Crippen LogP contribution in [-0.4, -0.2) is 71.4 Å². The molecule has 1 heterocycles. The van der Waals surface area contributed by atoms with Gasteiger partial charge < -0.3 is 25.3 Å². The number of aliphatic hydroxyl groups is 3. The van der Waals surface area contributed by atoms with Crippen molar-refractivity contribution in [3.05, 3.63) is 33.1 Å². The van der Waals surface area contributed by atoms with Gasteiger partial charge in [0, 0.05) is 12.3 Å². The van der Waals surface area contributed by atoms with Crippen molar-refractivity contribution in [3.8, 4) is 0 Å². The average Bonchev–Trinajstić information content (AvgIpc) is 2.58. The lowest BCUT2D eigenvalue weighted by atomic mass is 9.93. The normalized spacial score (nSPS) is 20.4. The van der Waals surface area contributed by atoms with Crippen LogP contribution in [-0.2, 0) is 13.9 Å². The van der Waals surface area contributed by atoms with Gasteiger partial charge in [-0.15, -0.1) is 0 Å². The fourth-order valence-corrected chi connectivity index (χ4v) is 3.04. The highest BCUT2D eigenvalue weighted by atomic mass is 31.2. The van der Waals surface area contributed by atoms with Crippen LogP contribution in [0.2, 0.25) is 0 Å². The Labute approximate surface area is 156 Å². The summed E-state index contributed by atoms with van der Waals surface area (Å²) in [4.78, 5) is 44.5. The van der Waals surface area contributed by atoms with Crippen molar-refractivity contribution < 1.29 is 43.6 Å². The number of rotatable bonds is 10. The van der Waals surface area contributed by atoms with Gasteiger partial charge in [0.15, 0.2) is 12.4 Å². The number of H-pyrrole nitrogens is 1. The minimum absolute atomic E-state index is 0.422. The first-order valence-electron chi connectivity index (χ1n) is 7.71. The molecule has 0 aliphatic rings. The zero-order valence-electron chi connectivity index (χ0n) is 14.7. The van der Waals surface area contributed by atoms with Crippen molar-refractivity contribution in [3.63, 3.8) is 0 Å². The second-order valence-electron chi connectivity index (χ2n) is 6.08. The van der Waals surface area contributed by atoms with Crippen LogP contribution in [0.1, 0.15) is 20.1 Å². The summed E-state index contributed by atoms with van der Waals surface area (Å²) in [5, 5.41) is 40.6. The van der Waals surface area contributed by atoms with Gasteiger partial charge in [-0.3, -0.25) is 23.7 Å². The minimum Gasteiger partial charge on any atom is -0.480 e. The molecule has 15 heteroatoms. The minimum atomic E-state index is -4.76. The number of aliphatic carboxylic acids is 1. The van der Waals surface area contributed by atoms with E-state index in [9.17, 15) is 43.6 Å². The van der Waals surface area contributed by atoms with Gasteiger partial charge in [0.1, 0.15) is 17.7 Å². The number of halogens is 1. The summed E-state index contributed by atoms with van der Waals surface area (Å²) in [5.74, 6) is -1.48. The van der Waals surface area contributed by atoms with Crippen LogP contribution in [0.25, 0.3) is 0 Å².